The van der Waals surface area contributed by atoms with Crippen molar-refractivity contribution in [3.8, 4) is 0 Å². The van der Waals surface area contributed by atoms with Gasteiger partial charge < -0.3 is 5.32 Å². The molecule has 3 aromatic carbocycles. The molecule has 0 bridgehead atoms. The fourth-order valence-corrected chi connectivity index (χ4v) is 3.97. The van der Waals surface area contributed by atoms with Crippen molar-refractivity contribution in [2.45, 2.75) is 6.04 Å². The highest BCUT2D eigenvalue weighted by Gasteiger charge is 2.25. The first-order valence-corrected chi connectivity index (χ1v) is 9.45. The molecular formula is C22H15BrFN3. The Morgan fingerprint density at radius 1 is 0.963 bits per heavy atom. The maximum atomic E-state index is 13.9. The van der Waals surface area contributed by atoms with Crippen LogP contribution in [0.4, 0.5) is 10.3 Å². The van der Waals surface area contributed by atoms with Gasteiger partial charge in [-0.05, 0) is 53.6 Å². The standard InChI is InChI=1S/C22H15BrFN3/c23-16-7-3-5-14(11-16)19-13-21(15-6-4-8-17(24)12-15)27-20-10-2-1-9-18(20)25-22(27)26-19/h1-13,21H,(H,25,26). The van der Waals surface area contributed by atoms with Crippen LogP contribution >= 0.6 is 15.9 Å². The van der Waals surface area contributed by atoms with Crippen LogP contribution in [0.3, 0.4) is 0 Å². The minimum Gasteiger partial charge on any atom is -0.325 e. The molecular weight excluding hydrogens is 405 g/mol. The Bertz CT molecular complexity index is 1200. The van der Waals surface area contributed by atoms with Crippen LogP contribution in [0.2, 0.25) is 0 Å². The molecule has 0 amide bonds. The molecule has 5 rings (SSSR count). The number of anilines is 1. The van der Waals surface area contributed by atoms with Gasteiger partial charge >= 0.3 is 0 Å². The Labute approximate surface area is 164 Å². The number of hydrogen-bond acceptors (Lipinski definition) is 2. The largest absolute Gasteiger partial charge is 0.325 e. The summed E-state index contributed by atoms with van der Waals surface area (Å²) in [6.07, 6.45) is 2.12. The molecule has 1 aliphatic heterocycles. The number of fused-ring (bicyclic) bond motifs is 3. The van der Waals surface area contributed by atoms with Crippen molar-refractivity contribution in [2.75, 3.05) is 5.32 Å². The molecule has 0 aliphatic carbocycles. The second-order valence-corrected chi connectivity index (χ2v) is 7.43. The number of rotatable bonds is 2. The van der Waals surface area contributed by atoms with E-state index in [1.807, 2.05) is 48.5 Å². The third-order valence-electron chi connectivity index (χ3n) is 4.77. The molecule has 3 nitrogen and oxygen atoms in total. The Hall–Kier alpha value is -2.92. The number of aromatic nitrogens is 2. The van der Waals surface area contributed by atoms with Crippen LogP contribution in [-0.4, -0.2) is 9.55 Å². The fourth-order valence-electron chi connectivity index (χ4n) is 3.57. The summed E-state index contributed by atoms with van der Waals surface area (Å²) in [5.41, 5.74) is 4.80. The number of nitrogens with one attached hydrogen (secondary N) is 1. The van der Waals surface area contributed by atoms with Gasteiger partial charge in [-0.15, -0.1) is 0 Å². The maximum Gasteiger partial charge on any atom is 0.209 e. The Kier molecular flexibility index (Phi) is 3.83. The Morgan fingerprint density at radius 3 is 2.67 bits per heavy atom. The molecule has 0 saturated carbocycles. The molecule has 1 unspecified atom stereocenters. The quantitative estimate of drug-likeness (QED) is 0.432. The average molecular weight is 420 g/mol. The fraction of sp³-hybridized carbons (Fsp3) is 0.0455. The summed E-state index contributed by atoms with van der Waals surface area (Å²) >= 11 is 3.53. The highest BCUT2D eigenvalue weighted by Crippen LogP contribution is 2.37. The molecule has 5 heteroatoms. The molecule has 0 radical (unpaired) electrons. The van der Waals surface area contributed by atoms with Gasteiger partial charge in [0.2, 0.25) is 5.95 Å². The normalized spacial score (nSPS) is 15.9. The molecule has 0 fully saturated rings. The van der Waals surface area contributed by atoms with E-state index < -0.39 is 0 Å². The second kappa shape index (κ2) is 6.35. The first-order valence-electron chi connectivity index (χ1n) is 8.66. The van der Waals surface area contributed by atoms with E-state index in [1.165, 1.54) is 6.07 Å². The minimum atomic E-state index is -0.241. The van der Waals surface area contributed by atoms with Crippen molar-refractivity contribution in [3.05, 3.63) is 100 Å². The first-order chi connectivity index (χ1) is 13.2. The first kappa shape index (κ1) is 16.3. The van der Waals surface area contributed by atoms with Gasteiger partial charge in [0.1, 0.15) is 5.82 Å². The van der Waals surface area contributed by atoms with E-state index in [-0.39, 0.29) is 11.9 Å². The molecule has 1 N–H and O–H groups in total. The van der Waals surface area contributed by atoms with Gasteiger partial charge in [0.15, 0.2) is 0 Å². The van der Waals surface area contributed by atoms with Gasteiger partial charge in [-0.2, -0.15) is 0 Å². The van der Waals surface area contributed by atoms with Gasteiger partial charge in [-0.3, -0.25) is 4.57 Å². The number of halogens is 2. The third kappa shape index (κ3) is 2.84. The monoisotopic (exact) mass is 419 g/mol. The van der Waals surface area contributed by atoms with E-state index in [9.17, 15) is 4.39 Å². The number of nitrogens with zero attached hydrogens (tertiary/aromatic N) is 2. The average Bonchev–Trinajstić information content (AvgIpc) is 3.06. The lowest BCUT2D eigenvalue weighted by Crippen LogP contribution is -2.19. The topological polar surface area (TPSA) is 29.9 Å². The summed E-state index contributed by atoms with van der Waals surface area (Å²) in [6, 6.07) is 22.7. The molecule has 27 heavy (non-hydrogen) atoms. The molecule has 2 heterocycles. The minimum absolute atomic E-state index is 0.154. The Morgan fingerprint density at radius 2 is 1.81 bits per heavy atom. The van der Waals surface area contributed by atoms with Crippen molar-refractivity contribution >= 4 is 38.6 Å². The van der Waals surface area contributed by atoms with Gasteiger partial charge in [0.05, 0.1) is 17.1 Å². The number of hydrogen-bond donors (Lipinski definition) is 1. The van der Waals surface area contributed by atoms with E-state index in [2.05, 4.69) is 38.0 Å². The lowest BCUT2D eigenvalue weighted by Gasteiger charge is -2.26. The lowest BCUT2D eigenvalue weighted by atomic mass is 10.0. The van der Waals surface area contributed by atoms with E-state index in [1.54, 1.807) is 12.1 Å². The highest BCUT2D eigenvalue weighted by molar-refractivity contribution is 9.10. The van der Waals surface area contributed by atoms with Gasteiger partial charge in [-0.1, -0.05) is 52.3 Å². The predicted octanol–water partition coefficient (Wildman–Crippen LogP) is 5.99. The number of allylic oxidation sites excluding steroid dienone is 1. The van der Waals surface area contributed by atoms with Crippen molar-refractivity contribution in [2.24, 2.45) is 0 Å². The lowest BCUT2D eigenvalue weighted by molar-refractivity contribution is 0.619. The SMILES string of the molecule is Fc1cccc(C2C=C(c3cccc(Br)c3)Nc3nc4ccccc4n32)c1. The number of para-hydroxylation sites is 2. The van der Waals surface area contributed by atoms with Crippen LogP contribution in [0.15, 0.2) is 83.3 Å². The zero-order chi connectivity index (χ0) is 18.4. The zero-order valence-corrected chi connectivity index (χ0v) is 15.8. The van der Waals surface area contributed by atoms with Crippen LogP contribution in [0.25, 0.3) is 16.7 Å². The van der Waals surface area contributed by atoms with Crippen LogP contribution in [-0.2, 0) is 0 Å². The smallest absolute Gasteiger partial charge is 0.209 e. The summed E-state index contributed by atoms with van der Waals surface area (Å²) in [5.74, 6) is 0.511. The second-order valence-electron chi connectivity index (χ2n) is 6.51. The number of imidazole rings is 1. The van der Waals surface area contributed by atoms with Crippen LogP contribution in [0.1, 0.15) is 17.2 Å². The van der Waals surface area contributed by atoms with Gasteiger partial charge in [0.25, 0.3) is 0 Å². The maximum absolute atomic E-state index is 13.9. The van der Waals surface area contributed by atoms with Gasteiger partial charge in [0, 0.05) is 10.2 Å². The molecule has 1 aliphatic rings. The van der Waals surface area contributed by atoms with E-state index in [4.69, 9.17) is 4.98 Å². The molecule has 132 valence electrons. The van der Waals surface area contributed by atoms with Crippen molar-refractivity contribution in [1.29, 1.82) is 0 Å². The van der Waals surface area contributed by atoms with E-state index in [0.717, 1.165) is 38.3 Å². The van der Waals surface area contributed by atoms with Crippen molar-refractivity contribution in [1.82, 2.24) is 9.55 Å². The summed E-state index contributed by atoms with van der Waals surface area (Å²) in [6.45, 7) is 0. The summed E-state index contributed by atoms with van der Waals surface area (Å²) < 4.78 is 17.1. The van der Waals surface area contributed by atoms with E-state index >= 15 is 0 Å². The summed E-state index contributed by atoms with van der Waals surface area (Å²) in [5, 5.41) is 3.44. The van der Waals surface area contributed by atoms with Crippen LogP contribution in [0.5, 0.6) is 0 Å². The molecule has 0 saturated heterocycles. The predicted molar refractivity (Wildman–Crippen MR) is 110 cm³/mol. The van der Waals surface area contributed by atoms with Crippen LogP contribution < -0.4 is 5.32 Å². The zero-order valence-electron chi connectivity index (χ0n) is 14.2. The molecule has 1 aromatic heterocycles. The molecule has 4 aromatic rings. The Balaban J connectivity index is 1.74. The van der Waals surface area contributed by atoms with E-state index in [0.29, 0.717) is 0 Å². The third-order valence-corrected chi connectivity index (χ3v) is 5.26. The summed E-state index contributed by atoms with van der Waals surface area (Å²) in [4.78, 5) is 4.76. The highest BCUT2D eigenvalue weighted by atomic mass is 79.9. The van der Waals surface area contributed by atoms with Crippen molar-refractivity contribution in [3.63, 3.8) is 0 Å². The van der Waals surface area contributed by atoms with Crippen molar-refractivity contribution < 1.29 is 4.39 Å². The van der Waals surface area contributed by atoms with Crippen LogP contribution in [0, 0.1) is 5.82 Å². The molecule has 0 spiro atoms. The summed E-state index contributed by atoms with van der Waals surface area (Å²) in [7, 11) is 0. The number of benzene rings is 3. The molecule has 1 atom stereocenters. The van der Waals surface area contributed by atoms with Gasteiger partial charge in [-0.25, -0.2) is 9.37 Å².